The summed E-state index contributed by atoms with van der Waals surface area (Å²) in [5.41, 5.74) is 2.16. The molecule has 0 aliphatic carbocycles. The van der Waals surface area contributed by atoms with Crippen molar-refractivity contribution in [3.63, 3.8) is 0 Å². The van der Waals surface area contributed by atoms with E-state index in [0.717, 1.165) is 24.2 Å². The molecule has 1 N–H and O–H groups in total. The molecule has 100 valence electrons. The predicted molar refractivity (Wildman–Crippen MR) is 77.9 cm³/mol. The SMILES string of the molecule is CCc1cc(CNC)cc(Oc2ccccc2Cl)n1. The predicted octanol–water partition coefficient (Wildman–Crippen LogP) is 3.81. The maximum Gasteiger partial charge on any atom is 0.219 e. The van der Waals surface area contributed by atoms with E-state index in [0.29, 0.717) is 16.7 Å². The minimum absolute atomic E-state index is 0.581. The van der Waals surface area contributed by atoms with Crippen molar-refractivity contribution >= 4 is 11.6 Å². The fourth-order valence-electron chi connectivity index (χ4n) is 1.80. The highest BCUT2D eigenvalue weighted by Gasteiger charge is 2.06. The van der Waals surface area contributed by atoms with Crippen LogP contribution in [0.2, 0.25) is 5.02 Å². The van der Waals surface area contributed by atoms with Gasteiger partial charge in [-0.1, -0.05) is 30.7 Å². The average molecular weight is 277 g/mol. The number of halogens is 1. The Balaban J connectivity index is 2.29. The molecule has 0 saturated heterocycles. The number of benzene rings is 1. The summed E-state index contributed by atoms with van der Waals surface area (Å²) in [4.78, 5) is 4.46. The summed E-state index contributed by atoms with van der Waals surface area (Å²) >= 11 is 6.08. The van der Waals surface area contributed by atoms with Gasteiger partial charge in [-0.2, -0.15) is 0 Å². The lowest BCUT2D eigenvalue weighted by molar-refractivity contribution is 0.460. The highest BCUT2D eigenvalue weighted by Crippen LogP contribution is 2.28. The van der Waals surface area contributed by atoms with Crippen LogP contribution in [0.4, 0.5) is 0 Å². The standard InChI is InChI=1S/C15H17ClN2O/c1-3-12-8-11(10-17-2)9-15(18-12)19-14-7-5-4-6-13(14)16/h4-9,17H,3,10H2,1-2H3. The molecule has 0 unspecified atom stereocenters. The highest BCUT2D eigenvalue weighted by molar-refractivity contribution is 6.32. The third-order valence-electron chi connectivity index (χ3n) is 2.71. The van der Waals surface area contributed by atoms with Gasteiger partial charge in [0.05, 0.1) is 5.02 Å². The third-order valence-corrected chi connectivity index (χ3v) is 3.02. The number of pyridine rings is 1. The lowest BCUT2D eigenvalue weighted by Crippen LogP contribution is -2.06. The van der Waals surface area contributed by atoms with Crippen LogP contribution >= 0.6 is 11.6 Å². The van der Waals surface area contributed by atoms with Crippen LogP contribution < -0.4 is 10.1 Å². The number of hydrogen-bond donors (Lipinski definition) is 1. The summed E-state index contributed by atoms with van der Waals surface area (Å²) in [7, 11) is 1.92. The second kappa shape index (κ2) is 6.55. The Morgan fingerprint density at radius 1 is 1.26 bits per heavy atom. The lowest BCUT2D eigenvalue weighted by Gasteiger charge is -2.10. The van der Waals surface area contributed by atoms with Gasteiger partial charge in [0.25, 0.3) is 0 Å². The van der Waals surface area contributed by atoms with Crippen molar-refractivity contribution in [2.75, 3.05) is 7.05 Å². The summed E-state index contributed by atoms with van der Waals surface area (Å²) in [5.74, 6) is 1.21. The molecule has 1 aromatic carbocycles. The zero-order valence-corrected chi connectivity index (χ0v) is 11.9. The first kappa shape index (κ1) is 13.8. The van der Waals surface area contributed by atoms with Crippen LogP contribution in [-0.2, 0) is 13.0 Å². The number of nitrogens with one attached hydrogen (secondary N) is 1. The number of aromatic nitrogens is 1. The molecule has 2 rings (SSSR count). The van der Waals surface area contributed by atoms with Gasteiger partial charge in [-0.25, -0.2) is 4.98 Å². The van der Waals surface area contributed by atoms with Crippen LogP contribution in [0.3, 0.4) is 0 Å². The van der Waals surface area contributed by atoms with E-state index < -0.39 is 0 Å². The fraction of sp³-hybridized carbons (Fsp3) is 0.267. The van der Waals surface area contributed by atoms with Crippen molar-refractivity contribution in [3.8, 4) is 11.6 Å². The minimum atomic E-state index is 0.581. The topological polar surface area (TPSA) is 34.1 Å². The van der Waals surface area contributed by atoms with Crippen LogP contribution in [0, 0.1) is 0 Å². The molecule has 0 spiro atoms. The van der Waals surface area contributed by atoms with Crippen molar-refractivity contribution in [2.24, 2.45) is 0 Å². The van der Waals surface area contributed by atoms with Gasteiger partial charge in [-0.15, -0.1) is 0 Å². The molecular weight excluding hydrogens is 260 g/mol. The molecule has 0 amide bonds. The van der Waals surface area contributed by atoms with Crippen molar-refractivity contribution in [1.82, 2.24) is 10.3 Å². The first-order valence-electron chi connectivity index (χ1n) is 6.29. The van der Waals surface area contributed by atoms with Gasteiger partial charge in [-0.3, -0.25) is 0 Å². The fourth-order valence-corrected chi connectivity index (χ4v) is 1.97. The summed E-state index contributed by atoms with van der Waals surface area (Å²) in [6, 6.07) is 11.4. The van der Waals surface area contributed by atoms with E-state index in [4.69, 9.17) is 16.3 Å². The van der Waals surface area contributed by atoms with Gasteiger partial charge >= 0.3 is 0 Å². The van der Waals surface area contributed by atoms with Crippen LogP contribution in [0.5, 0.6) is 11.6 Å². The number of aryl methyl sites for hydroxylation is 1. The number of hydrogen-bond acceptors (Lipinski definition) is 3. The Morgan fingerprint density at radius 2 is 2.05 bits per heavy atom. The minimum Gasteiger partial charge on any atom is -0.437 e. The average Bonchev–Trinajstić information content (AvgIpc) is 2.41. The number of para-hydroxylation sites is 1. The van der Waals surface area contributed by atoms with Crippen LogP contribution in [-0.4, -0.2) is 12.0 Å². The molecule has 1 heterocycles. The molecule has 0 aliphatic heterocycles. The van der Waals surface area contributed by atoms with E-state index >= 15 is 0 Å². The number of ether oxygens (including phenoxy) is 1. The van der Waals surface area contributed by atoms with Crippen molar-refractivity contribution < 1.29 is 4.74 Å². The van der Waals surface area contributed by atoms with Crippen molar-refractivity contribution in [2.45, 2.75) is 19.9 Å². The summed E-state index contributed by atoms with van der Waals surface area (Å²) in [6.07, 6.45) is 0.871. The summed E-state index contributed by atoms with van der Waals surface area (Å²) in [6.45, 7) is 2.86. The summed E-state index contributed by atoms with van der Waals surface area (Å²) < 4.78 is 5.77. The normalized spacial score (nSPS) is 10.5. The smallest absolute Gasteiger partial charge is 0.219 e. The maximum absolute atomic E-state index is 6.08. The van der Waals surface area contributed by atoms with Crippen LogP contribution in [0.25, 0.3) is 0 Å². The van der Waals surface area contributed by atoms with E-state index in [2.05, 4.69) is 23.3 Å². The van der Waals surface area contributed by atoms with Crippen molar-refractivity contribution in [3.05, 3.63) is 52.7 Å². The Hall–Kier alpha value is -1.58. The van der Waals surface area contributed by atoms with E-state index in [9.17, 15) is 0 Å². The molecule has 0 saturated carbocycles. The lowest BCUT2D eigenvalue weighted by atomic mass is 10.2. The number of rotatable bonds is 5. The largest absolute Gasteiger partial charge is 0.437 e. The second-order valence-electron chi connectivity index (χ2n) is 4.22. The van der Waals surface area contributed by atoms with Gasteiger partial charge < -0.3 is 10.1 Å². The molecule has 0 atom stereocenters. The van der Waals surface area contributed by atoms with E-state index in [1.54, 1.807) is 6.07 Å². The van der Waals surface area contributed by atoms with Crippen molar-refractivity contribution in [1.29, 1.82) is 0 Å². The zero-order valence-electron chi connectivity index (χ0n) is 11.1. The second-order valence-corrected chi connectivity index (χ2v) is 4.63. The first-order valence-corrected chi connectivity index (χ1v) is 6.67. The molecule has 0 radical (unpaired) electrons. The van der Waals surface area contributed by atoms with Gasteiger partial charge in [0.2, 0.25) is 5.88 Å². The Labute approximate surface area is 118 Å². The quantitative estimate of drug-likeness (QED) is 0.902. The maximum atomic E-state index is 6.08. The van der Waals surface area contributed by atoms with Crippen LogP contribution in [0.1, 0.15) is 18.2 Å². The van der Waals surface area contributed by atoms with Crippen LogP contribution in [0.15, 0.2) is 36.4 Å². The molecule has 2 aromatic rings. The zero-order chi connectivity index (χ0) is 13.7. The molecule has 4 heteroatoms. The third kappa shape index (κ3) is 3.69. The molecule has 3 nitrogen and oxygen atoms in total. The Kier molecular flexibility index (Phi) is 4.77. The van der Waals surface area contributed by atoms with Gasteiger partial charge in [-0.05, 0) is 37.2 Å². The monoisotopic (exact) mass is 276 g/mol. The van der Waals surface area contributed by atoms with Gasteiger partial charge in [0.1, 0.15) is 5.75 Å². The molecule has 0 aliphatic rings. The molecule has 19 heavy (non-hydrogen) atoms. The highest BCUT2D eigenvalue weighted by atomic mass is 35.5. The summed E-state index contributed by atoms with van der Waals surface area (Å²) in [5, 5.41) is 3.71. The van der Waals surface area contributed by atoms with Gasteiger partial charge in [0, 0.05) is 18.3 Å². The molecule has 0 fully saturated rings. The Bertz CT molecular complexity index is 558. The molecular formula is C15H17ClN2O. The van der Waals surface area contributed by atoms with E-state index in [1.807, 2.05) is 31.3 Å². The van der Waals surface area contributed by atoms with E-state index in [-0.39, 0.29) is 0 Å². The Morgan fingerprint density at radius 3 is 2.74 bits per heavy atom. The number of nitrogens with zero attached hydrogens (tertiary/aromatic N) is 1. The first-order chi connectivity index (χ1) is 9.22. The van der Waals surface area contributed by atoms with E-state index in [1.165, 1.54) is 0 Å². The molecule has 1 aromatic heterocycles. The van der Waals surface area contributed by atoms with Gasteiger partial charge in [0.15, 0.2) is 0 Å². The molecule has 0 bridgehead atoms.